The van der Waals surface area contributed by atoms with Gasteiger partial charge in [-0.2, -0.15) is 0 Å². The maximum absolute atomic E-state index is 11.2. The zero-order chi connectivity index (χ0) is 15.4. The topological polar surface area (TPSA) is 42.9 Å². The molecule has 4 heteroatoms. The third-order valence-electron chi connectivity index (χ3n) is 3.30. The number of benzene rings is 1. The van der Waals surface area contributed by atoms with Crippen molar-refractivity contribution >= 4 is 34.4 Å². The molecule has 22 heavy (non-hydrogen) atoms. The largest absolute Gasteiger partial charge is 0.292 e. The highest BCUT2D eigenvalue weighted by molar-refractivity contribution is 6.35. The molecule has 0 atom stereocenters. The zero-order valence-corrected chi connectivity index (χ0v) is 12.5. The Kier molecular flexibility index (Phi) is 4.26. The molecule has 2 heterocycles. The molecule has 0 aliphatic heterocycles. The van der Waals surface area contributed by atoms with Crippen LogP contribution in [0.3, 0.4) is 0 Å². The van der Waals surface area contributed by atoms with E-state index in [-0.39, 0.29) is 5.78 Å². The average Bonchev–Trinajstić information content (AvgIpc) is 2.57. The second kappa shape index (κ2) is 6.50. The summed E-state index contributed by atoms with van der Waals surface area (Å²) in [5.41, 5.74) is 2.48. The molecule has 1 aliphatic carbocycles. The van der Waals surface area contributed by atoms with Crippen LogP contribution in [0.15, 0.2) is 60.9 Å². The van der Waals surface area contributed by atoms with Crippen molar-refractivity contribution < 1.29 is 4.79 Å². The summed E-state index contributed by atoms with van der Waals surface area (Å²) < 4.78 is 0. The number of hydrogen-bond donors (Lipinski definition) is 0. The lowest BCUT2D eigenvalue weighted by Gasteiger charge is -2.05. The summed E-state index contributed by atoms with van der Waals surface area (Å²) >= 11 is 5.92. The summed E-state index contributed by atoms with van der Waals surface area (Å²) in [6, 6.07) is 13.3. The number of aromatic nitrogens is 2. The predicted octanol–water partition coefficient (Wildman–Crippen LogP) is 4.57. The number of hydrogen-bond acceptors (Lipinski definition) is 3. The third kappa shape index (κ3) is 3.05. The van der Waals surface area contributed by atoms with Crippen molar-refractivity contribution in [1.29, 1.82) is 0 Å². The molecule has 3 aromatic rings. The second-order valence-corrected chi connectivity index (χ2v) is 5.19. The van der Waals surface area contributed by atoms with Crippen molar-refractivity contribution in [2.45, 2.75) is 6.42 Å². The van der Waals surface area contributed by atoms with E-state index in [4.69, 9.17) is 11.6 Å². The second-order valence-electron chi connectivity index (χ2n) is 4.78. The van der Waals surface area contributed by atoms with E-state index in [0.29, 0.717) is 12.1 Å². The first-order valence-electron chi connectivity index (χ1n) is 6.90. The van der Waals surface area contributed by atoms with Crippen LogP contribution in [0.25, 0.3) is 17.0 Å². The molecule has 0 spiro atoms. The summed E-state index contributed by atoms with van der Waals surface area (Å²) in [7, 11) is 0. The molecule has 0 fully saturated rings. The molecule has 1 aromatic carbocycles. The average molecular weight is 309 g/mol. The summed E-state index contributed by atoms with van der Waals surface area (Å²) in [6.45, 7) is 0. The number of carbonyl (C=O) groups excluding carboxylic acids is 1. The van der Waals surface area contributed by atoms with Gasteiger partial charge in [0.15, 0.2) is 5.78 Å². The normalized spacial score (nSPS) is 12.5. The Balaban J connectivity index is 0.000000131. The number of pyridine rings is 2. The quantitative estimate of drug-likeness (QED) is 0.611. The Bertz CT molecular complexity index is 853. The van der Waals surface area contributed by atoms with Gasteiger partial charge in [-0.3, -0.25) is 14.8 Å². The van der Waals surface area contributed by atoms with Crippen LogP contribution < -0.4 is 0 Å². The minimum Gasteiger partial charge on any atom is -0.292 e. The van der Waals surface area contributed by atoms with Gasteiger partial charge in [0.05, 0.1) is 10.5 Å². The summed E-state index contributed by atoms with van der Waals surface area (Å²) in [5.74, 6) is 0.114. The van der Waals surface area contributed by atoms with Gasteiger partial charge in [-0.15, -0.1) is 0 Å². The van der Waals surface area contributed by atoms with Crippen molar-refractivity contribution in [2.75, 3.05) is 0 Å². The van der Waals surface area contributed by atoms with Gasteiger partial charge in [0.25, 0.3) is 0 Å². The summed E-state index contributed by atoms with van der Waals surface area (Å²) in [4.78, 5) is 19.3. The van der Waals surface area contributed by atoms with Gasteiger partial charge < -0.3 is 0 Å². The van der Waals surface area contributed by atoms with E-state index in [1.54, 1.807) is 18.5 Å². The molecule has 0 bridgehead atoms. The first-order chi connectivity index (χ1) is 10.8. The van der Waals surface area contributed by atoms with Crippen LogP contribution in [0.4, 0.5) is 0 Å². The van der Waals surface area contributed by atoms with Crippen molar-refractivity contribution in [2.24, 2.45) is 0 Å². The van der Waals surface area contributed by atoms with Crippen LogP contribution in [0.2, 0.25) is 5.02 Å². The lowest BCUT2D eigenvalue weighted by Crippen LogP contribution is -2.06. The molecule has 3 nitrogen and oxygen atoms in total. The molecule has 2 aromatic heterocycles. The smallest absolute Gasteiger partial charge is 0.185 e. The predicted molar refractivity (Wildman–Crippen MR) is 89.0 cm³/mol. The Labute approximate surface area is 133 Å². The molecule has 4 rings (SSSR count). The Hall–Kier alpha value is -2.52. The van der Waals surface area contributed by atoms with E-state index in [1.807, 2.05) is 48.6 Å². The number of fused-ring (bicyclic) bond motifs is 2. The fourth-order valence-electron chi connectivity index (χ4n) is 2.24. The Morgan fingerprint density at radius 2 is 1.82 bits per heavy atom. The minimum absolute atomic E-state index is 0.114. The molecule has 0 saturated heterocycles. The number of carbonyl (C=O) groups is 1. The van der Waals surface area contributed by atoms with E-state index in [1.165, 1.54) is 0 Å². The number of nitrogens with zero attached hydrogens (tertiary/aromatic N) is 2. The number of allylic oxidation sites excluding steroid dienone is 1. The van der Waals surface area contributed by atoms with Gasteiger partial charge in [0, 0.05) is 29.8 Å². The maximum Gasteiger partial charge on any atom is 0.185 e. The van der Waals surface area contributed by atoms with Crippen LogP contribution in [0.1, 0.15) is 22.5 Å². The molecular weight excluding hydrogens is 296 g/mol. The number of Topliss-reactive ketones (excluding diaryl/α,β-unsaturated/α-hetero) is 1. The molecule has 0 radical (unpaired) electrons. The lowest BCUT2D eigenvalue weighted by molar-refractivity contribution is 0.0989. The fraction of sp³-hybridized carbons (Fsp3) is 0.0556. The Morgan fingerprint density at radius 3 is 2.64 bits per heavy atom. The van der Waals surface area contributed by atoms with Crippen molar-refractivity contribution in [3.63, 3.8) is 0 Å². The van der Waals surface area contributed by atoms with E-state index in [0.717, 1.165) is 21.5 Å². The highest BCUT2D eigenvalue weighted by atomic mass is 35.5. The van der Waals surface area contributed by atoms with Gasteiger partial charge in [-0.25, -0.2) is 0 Å². The van der Waals surface area contributed by atoms with Crippen molar-refractivity contribution in [1.82, 2.24) is 9.97 Å². The molecule has 0 unspecified atom stereocenters. The molecule has 0 saturated carbocycles. The van der Waals surface area contributed by atoms with E-state index < -0.39 is 0 Å². The highest BCUT2D eigenvalue weighted by Gasteiger charge is 2.12. The number of ketones is 1. The van der Waals surface area contributed by atoms with E-state index in [9.17, 15) is 4.79 Å². The van der Waals surface area contributed by atoms with Crippen LogP contribution in [0, 0.1) is 0 Å². The zero-order valence-electron chi connectivity index (χ0n) is 11.7. The van der Waals surface area contributed by atoms with Crippen LogP contribution in [-0.4, -0.2) is 15.8 Å². The number of rotatable bonds is 0. The molecule has 108 valence electrons. The van der Waals surface area contributed by atoms with Gasteiger partial charge in [0.1, 0.15) is 5.69 Å². The SMILES string of the molecule is Clc1ccnc2ccccc12.O=C1CC=Cc2cccnc21. The minimum atomic E-state index is 0.114. The summed E-state index contributed by atoms with van der Waals surface area (Å²) in [6.07, 6.45) is 7.65. The van der Waals surface area contributed by atoms with Crippen molar-refractivity contribution in [3.05, 3.63) is 77.2 Å². The number of halogens is 1. The van der Waals surface area contributed by atoms with Gasteiger partial charge in [0.2, 0.25) is 0 Å². The standard InChI is InChI=1S/C9H6ClN.C9H7NO/c10-8-5-6-11-9-4-2-1-3-7(8)9;11-8-5-1-3-7-4-2-6-10-9(7)8/h1-6H;1-4,6H,5H2. The molecular formula is C18H13ClN2O. The van der Waals surface area contributed by atoms with Crippen molar-refractivity contribution in [3.8, 4) is 0 Å². The maximum atomic E-state index is 11.2. The first-order valence-corrected chi connectivity index (χ1v) is 7.27. The summed E-state index contributed by atoms with van der Waals surface area (Å²) in [5, 5.41) is 1.77. The molecule has 0 amide bonds. The van der Waals surface area contributed by atoms with Gasteiger partial charge in [-0.05, 0) is 18.2 Å². The molecule has 0 N–H and O–H groups in total. The van der Waals surface area contributed by atoms with E-state index >= 15 is 0 Å². The van der Waals surface area contributed by atoms with Crippen LogP contribution in [0.5, 0.6) is 0 Å². The number of para-hydroxylation sites is 1. The van der Waals surface area contributed by atoms with Gasteiger partial charge >= 0.3 is 0 Å². The Morgan fingerprint density at radius 1 is 0.955 bits per heavy atom. The lowest BCUT2D eigenvalue weighted by atomic mass is 10.0. The van der Waals surface area contributed by atoms with E-state index in [2.05, 4.69) is 9.97 Å². The fourth-order valence-corrected chi connectivity index (χ4v) is 2.45. The first kappa shape index (κ1) is 14.4. The van der Waals surface area contributed by atoms with Crippen LogP contribution in [-0.2, 0) is 0 Å². The van der Waals surface area contributed by atoms with Gasteiger partial charge in [-0.1, -0.05) is 48.0 Å². The van der Waals surface area contributed by atoms with Crippen LogP contribution >= 0.6 is 11.6 Å². The highest BCUT2D eigenvalue weighted by Crippen LogP contribution is 2.20. The third-order valence-corrected chi connectivity index (χ3v) is 3.63. The molecule has 1 aliphatic rings. The monoisotopic (exact) mass is 308 g/mol.